The van der Waals surface area contributed by atoms with Gasteiger partial charge in [0.25, 0.3) is 0 Å². The maximum absolute atomic E-state index is 6.19. The Bertz CT molecular complexity index is 775. The molecule has 1 aliphatic heterocycles. The number of anilines is 1. The van der Waals surface area contributed by atoms with Crippen LogP contribution in [-0.2, 0) is 6.54 Å². The molecule has 0 amide bonds. The van der Waals surface area contributed by atoms with Gasteiger partial charge < -0.3 is 15.0 Å². The molecule has 1 fully saturated rings. The average Bonchev–Trinajstić information content (AvgIpc) is 2.65. The molecule has 26 heavy (non-hydrogen) atoms. The number of ether oxygens (including phenoxy) is 1. The Morgan fingerprint density at radius 2 is 1.92 bits per heavy atom. The SMILES string of the molecule is COc1cccc(CN2CCN(C(=S)Nc3ccc(C)c(Cl)c3)CC2)c1. The molecule has 4 nitrogen and oxygen atoms in total. The first-order valence-corrected chi connectivity index (χ1v) is 9.51. The molecular weight excluding hydrogens is 366 g/mol. The Balaban J connectivity index is 1.51. The van der Waals surface area contributed by atoms with Crippen molar-refractivity contribution in [1.82, 2.24) is 9.80 Å². The van der Waals surface area contributed by atoms with E-state index in [4.69, 9.17) is 28.6 Å². The molecule has 0 bridgehead atoms. The van der Waals surface area contributed by atoms with Crippen molar-refractivity contribution >= 4 is 34.6 Å². The summed E-state index contributed by atoms with van der Waals surface area (Å²) < 4.78 is 5.30. The van der Waals surface area contributed by atoms with Gasteiger partial charge in [0.15, 0.2) is 5.11 Å². The third kappa shape index (κ3) is 4.87. The topological polar surface area (TPSA) is 27.7 Å². The molecule has 0 radical (unpaired) electrons. The van der Waals surface area contributed by atoms with Crippen molar-refractivity contribution in [3.63, 3.8) is 0 Å². The van der Waals surface area contributed by atoms with Crippen LogP contribution in [0.4, 0.5) is 5.69 Å². The fourth-order valence-corrected chi connectivity index (χ4v) is 3.49. The summed E-state index contributed by atoms with van der Waals surface area (Å²) >= 11 is 11.8. The lowest BCUT2D eigenvalue weighted by Gasteiger charge is -2.36. The summed E-state index contributed by atoms with van der Waals surface area (Å²) in [5.41, 5.74) is 3.27. The molecule has 0 atom stereocenters. The van der Waals surface area contributed by atoms with Crippen LogP contribution in [-0.4, -0.2) is 48.2 Å². The first-order chi connectivity index (χ1) is 12.5. The first-order valence-electron chi connectivity index (χ1n) is 8.72. The molecule has 1 N–H and O–H groups in total. The van der Waals surface area contributed by atoms with E-state index < -0.39 is 0 Å². The smallest absolute Gasteiger partial charge is 0.173 e. The van der Waals surface area contributed by atoms with Crippen LogP contribution in [0.15, 0.2) is 42.5 Å². The first kappa shape index (κ1) is 19.0. The number of nitrogens with one attached hydrogen (secondary N) is 1. The van der Waals surface area contributed by atoms with Gasteiger partial charge in [-0.05, 0) is 54.5 Å². The second-order valence-electron chi connectivity index (χ2n) is 6.51. The van der Waals surface area contributed by atoms with E-state index in [1.54, 1.807) is 7.11 Å². The van der Waals surface area contributed by atoms with E-state index in [0.29, 0.717) is 0 Å². The predicted octanol–water partition coefficient (Wildman–Crippen LogP) is 4.17. The van der Waals surface area contributed by atoms with Gasteiger partial charge in [0.1, 0.15) is 5.75 Å². The number of thiocarbonyl (C=S) groups is 1. The molecule has 138 valence electrons. The van der Waals surface area contributed by atoms with E-state index in [0.717, 1.165) is 59.9 Å². The highest BCUT2D eigenvalue weighted by Crippen LogP contribution is 2.21. The summed E-state index contributed by atoms with van der Waals surface area (Å²) in [6.07, 6.45) is 0. The van der Waals surface area contributed by atoms with E-state index in [1.165, 1.54) is 5.56 Å². The summed E-state index contributed by atoms with van der Waals surface area (Å²) in [6.45, 7) is 6.71. The number of aryl methyl sites for hydroxylation is 1. The number of hydrogen-bond donors (Lipinski definition) is 1. The Labute approximate surface area is 165 Å². The summed E-state index contributed by atoms with van der Waals surface area (Å²) in [4.78, 5) is 4.65. The van der Waals surface area contributed by atoms with E-state index in [2.05, 4.69) is 27.2 Å². The van der Waals surface area contributed by atoms with Crippen LogP contribution < -0.4 is 10.1 Å². The van der Waals surface area contributed by atoms with Crippen molar-refractivity contribution in [3.8, 4) is 5.75 Å². The number of nitrogens with zero attached hydrogens (tertiary/aromatic N) is 2. The van der Waals surface area contributed by atoms with Crippen LogP contribution in [0.2, 0.25) is 5.02 Å². The fourth-order valence-electron chi connectivity index (χ4n) is 3.01. The second-order valence-corrected chi connectivity index (χ2v) is 7.30. The lowest BCUT2D eigenvalue weighted by Crippen LogP contribution is -2.49. The van der Waals surface area contributed by atoms with Gasteiger partial charge in [-0.2, -0.15) is 0 Å². The van der Waals surface area contributed by atoms with E-state index in [-0.39, 0.29) is 0 Å². The van der Waals surface area contributed by atoms with Gasteiger partial charge in [-0.25, -0.2) is 0 Å². The minimum Gasteiger partial charge on any atom is -0.497 e. The second kappa shape index (κ2) is 8.71. The van der Waals surface area contributed by atoms with Crippen molar-refractivity contribution in [1.29, 1.82) is 0 Å². The van der Waals surface area contributed by atoms with Gasteiger partial charge >= 0.3 is 0 Å². The lowest BCUT2D eigenvalue weighted by atomic mass is 10.2. The predicted molar refractivity (Wildman–Crippen MR) is 112 cm³/mol. The number of rotatable bonds is 4. The zero-order chi connectivity index (χ0) is 18.5. The number of methoxy groups -OCH3 is 1. The molecule has 1 heterocycles. The number of hydrogen-bond acceptors (Lipinski definition) is 3. The van der Waals surface area contributed by atoms with E-state index in [9.17, 15) is 0 Å². The number of benzene rings is 2. The van der Waals surface area contributed by atoms with Crippen molar-refractivity contribution in [2.75, 3.05) is 38.6 Å². The Morgan fingerprint density at radius 1 is 1.15 bits per heavy atom. The van der Waals surface area contributed by atoms with Crippen LogP contribution in [0.3, 0.4) is 0 Å². The molecule has 2 aromatic carbocycles. The molecule has 1 saturated heterocycles. The molecule has 6 heteroatoms. The Kier molecular flexibility index (Phi) is 6.35. The highest BCUT2D eigenvalue weighted by Gasteiger charge is 2.19. The van der Waals surface area contributed by atoms with Crippen LogP contribution in [0.5, 0.6) is 5.75 Å². The maximum atomic E-state index is 6.19. The normalized spacial score (nSPS) is 15.0. The Morgan fingerprint density at radius 3 is 2.62 bits per heavy atom. The summed E-state index contributed by atoms with van der Waals surface area (Å²) in [5.74, 6) is 0.906. The molecule has 0 unspecified atom stereocenters. The van der Waals surface area contributed by atoms with Gasteiger partial charge in [-0.15, -0.1) is 0 Å². The van der Waals surface area contributed by atoms with Crippen LogP contribution >= 0.6 is 23.8 Å². The van der Waals surface area contributed by atoms with Gasteiger partial charge in [0.2, 0.25) is 0 Å². The fraction of sp³-hybridized carbons (Fsp3) is 0.350. The van der Waals surface area contributed by atoms with Crippen molar-refractivity contribution in [2.45, 2.75) is 13.5 Å². The minimum absolute atomic E-state index is 0.751. The quantitative estimate of drug-likeness (QED) is 0.792. The molecule has 0 spiro atoms. The summed E-state index contributed by atoms with van der Waals surface area (Å²) in [6, 6.07) is 14.2. The van der Waals surface area contributed by atoms with Gasteiger partial charge in [0, 0.05) is 43.4 Å². The molecule has 2 aromatic rings. The van der Waals surface area contributed by atoms with E-state index >= 15 is 0 Å². The van der Waals surface area contributed by atoms with Gasteiger partial charge in [0.05, 0.1) is 7.11 Å². The molecule has 1 aliphatic rings. The van der Waals surface area contributed by atoms with Crippen molar-refractivity contribution in [3.05, 3.63) is 58.6 Å². The number of halogens is 1. The van der Waals surface area contributed by atoms with Crippen LogP contribution in [0.1, 0.15) is 11.1 Å². The lowest BCUT2D eigenvalue weighted by molar-refractivity contribution is 0.177. The van der Waals surface area contributed by atoms with Gasteiger partial charge in [-0.3, -0.25) is 4.90 Å². The summed E-state index contributed by atoms with van der Waals surface area (Å²) in [7, 11) is 1.70. The molecule has 0 saturated carbocycles. The highest BCUT2D eigenvalue weighted by molar-refractivity contribution is 7.80. The third-order valence-corrected chi connectivity index (χ3v) is 5.39. The monoisotopic (exact) mass is 389 g/mol. The third-order valence-electron chi connectivity index (χ3n) is 4.62. The van der Waals surface area contributed by atoms with Gasteiger partial charge in [-0.1, -0.05) is 29.8 Å². The van der Waals surface area contributed by atoms with E-state index in [1.807, 2.05) is 37.3 Å². The summed E-state index contributed by atoms with van der Waals surface area (Å²) in [5, 5.41) is 4.80. The average molecular weight is 390 g/mol. The highest BCUT2D eigenvalue weighted by atomic mass is 35.5. The molecular formula is C20H24ClN3OS. The zero-order valence-corrected chi connectivity index (χ0v) is 16.7. The van der Waals surface area contributed by atoms with Crippen LogP contribution in [0, 0.1) is 6.92 Å². The van der Waals surface area contributed by atoms with Crippen molar-refractivity contribution in [2.24, 2.45) is 0 Å². The molecule has 0 aliphatic carbocycles. The number of piperazine rings is 1. The zero-order valence-electron chi connectivity index (χ0n) is 15.2. The minimum atomic E-state index is 0.751. The Hall–Kier alpha value is -1.82. The molecule has 0 aromatic heterocycles. The standard InChI is InChI=1S/C20H24ClN3OS/c1-15-6-7-17(13-19(15)21)22-20(26)24-10-8-23(9-11-24)14-16-4-3-5-18(12-16)25-2/h3-7,12-13H,8-11,14H2,1-2H3,(H,22,26). The maximum Gasteiger partial charge on any atom is 0.173 e. The van der Waals surface area contributed by atoms with Crippen LogP contribution in [0.25, 0.3) is 0 Å². The molecule has 3 rings (SSSR count). The van der Waals surface area contributed by atoms with Crippen molar-refractivity contribution < 1.29 is 4.74 Å². The largest absolute Gasteiger partial charge is 0.497 e.